The van der Waals surface area contributed by atoms with Crippen molar-refractivity contribution < 1.29 is 0 Å². The van der Waals surface area contributed by atoms with Gasteiger partial charge in [0.05, 0.1) is 11.7 Å². The maximum absolute atomic E-state index is 6.23. The number of fused-ring (bicyclic) bond motifs is 1. The minimum atomic E-state index is -0.240. The fourth-order valence-electron chi connectivity index (χ4n) is 2.01. The first-order valence-electron chi connectivity index (χ1n) is 5.59. The van der Waals surface area contributed by atoms with Crippen molar-refractivity contribution in [1.82, 2.24) is 9.78 Å². The molecule has 0 aliphatic heterocycles. The summed E-state index contributed by atoms with van der Waals surface area (Å²) in [5.41, 5.74) is 8.34. The van der Waals surface area contributed by atoms with Gasteiger partial charge in [-0.05, 0) is 11.6 Å². The molecule has 1 heterocycles. The lowest BCUT2D eigenvalue weighted by Crippen LogP contribution is -2.20. The minimum Gasteiger partial charge on any atom is -0.306 e. The van der Waals surface area contributed by atoms with Crippen molar-refractivity contribution in [2.75, 3.05) is 0 Å². The average molecular weight is 223 g/mol. The number of hydrogen-bond acceptors (Lipinski definition) is 2. The van der Waals surface area contributed by atoms with Crippen LogP contribution < -0.4 is 5.73 Å². The second kappa shape index (κ2) is 4.03. The fraction of sp³-hybridized carbons (Fsp3) is 0.0714. The van der Waals surface area contributed by atoms with Gasteiger partial charge in [0.25, 0.3) is 0 Å². The van der Waals surface area contributed by atoms with E-state index in [1.807, 2.05) is 65.5 Å². The van der Waals surface area contributed by atoms with Crippen LogP contribution in [-0.2, 0) is 0 Å². The average Bonchev–Trinajstić information content (AvgIpc) is 2.83. The van der Waals surface area contributed by atoms with E-state index in [1.165, 1.54) is 0 Å². The van der Waals surface area contributed by atoms with Gasteiger partial charge in [-0.25, -0.2) is 4.68 Å². The summed E-state index contributed by atoms with van der Waals surface area (Å²) in [6.07, 6.45) is 1.61. The van der Waals surface area contributed by atoms with Gasteiger partial charge in [0, 0.05) is 5.39 Å². The molecule has 0 bridgehead atoms. The van der Waals surface area contributed by atoms with Gasteiger partial charge in [0.1, 0.15) is 6.17 Å². The van der Waals surface area contributed by atoms with Crippen LogP contribution in [-0.4, -0.2) is 9.78 Å². The lowest BCUT2D eigenvalue weighted by molar-refractivity contribution is 0.560. The number of nitrogens with two attached hydrogens (primary N) is 1. The van der Waals surface area contributed by atoms with Crippen LogP contribution in [0.2, 0.25) is 0 Å². The Morgan fingerprint density at radius 1 is 0.941 bits per heavy atom. The Morgan fingerprint density at radius 2 is 1.65 bits per heavy atom. The third-order valence-electron chi connectivity index (χ3n) is 2.91. The molecule has 0 fully saturated rings. The van der Waals surface area contributed by atoms with Crippen LogP contribution in [0.3, 0.4) is 0 Å². The van der Waals surface area contributed by atoms with E-state index in [-0.39, 0.29) is 6.17 Å². The van der Waals surface area contributed by atoms with Gasteiger partial charge >= 0.3 is 0 Å². The van der Waals surface area contributed by atoms with Crippen molar-refractivity contribution in [2.45, 2.75) is 6.17 Å². The molecule has 0 aliphatic carbocycles. The van der Waals surface area contributed by atoms with E-state index in [4.69, 9.17) is 5.73 Å². The summed E-state index contributed by atoms with van der Waals surface area (Å²) in [6, 6.07) is 18.1. The predicted octanol–water partition coefficient (Wildman–Crippen LogP) is 2.54. The molecule has 0 radical (unpaired) electrons. The summed E-state index contributed by atoms with van der Waals surface area (Å²) in [5, 5.41) is 5.47. The first-order chi connectivity index (χ1) is 8.36. The SMILES string of the molecule is NC(c1ccccc1)n1ncc2ccccc21. The van der Waals surface area contributed by atoms with Gasteiger partial charge in [-0.3, -0.25) is 0 Å². The molecule has 0 aliphatic rings. The monoisotopic (exact) mass is 223 g/mol. The van der Waals surface area contributed by atoms with Crippen LogP contribution in [0, 0.1) is 0 Å². The number of aromatic nitrogens is 2. The Balaban J connectivity index is 2.10. The van der Waals surface area contributed by atoms with Crippen LogP contribution in [0.15, 0.2) is 60.8 Å². The molecule has 3 aromatic rings. The van der Waals surface area contributed by atoms with Gasteiger partial charge in [-0.1, -0.05) is 48.5 Å². The number of para-hydroxylation sites is 1. The minimum absolute atomic E-state index is 0.240. The lowest BCUT2D eigenvalue weighted by Gasteiger charge is -2.13. The van der Waals surface area contributed by atoms with Crippen molar-refractivity contribution in [3.8, 4) is 0 Å². The second-order valence-corrected chi connectivity index (χ2v) is 4.00. The molecular formula is C14H13N3. The highest BCUT2D eigenvalue weighted by atomic mass is 15.3. The zero-order chi connectivity index (χ0) is 11.7. The maximum Gasteiger partial charge on any atom is 0.125 e. The normalized spacial score (nSPS) is 12.8. The molecule has 17 heavy (non-hydrogen) atoms. The van der Waals surface area contributed by atoms with Gasteiger partial charge in [0.2, 0.25) is 0 Å². The largest absolute Gasteiger partial charge is 0.306 e. The van der Waals surface area contributed by atoms with Crippen molar-refractivity contribution >= 4 is 10.9 Å². The molecule has 84 valence electrons. The Bertz CT molecular complexity index is 628. The molecule has 1 unspecified atom stereocenters. The van der Waals surface area contributed by atoms with Gasteiger partial charge in [-0.15, -0.1) is 0 Å². The van der Waals surface area contributed by atoms with E-state index in [9.17, 15) is 0 Å². The van der Waals surface area contributed by atoms with E-state index in [2.05, 4.69) is 5.10 Å². The number of nitrogens with zero attached hydrogens (tertiary/aromatic N) is 2. The highest BCUT2D eigenvalue weighted by molar-refractivity contribution is 5.78. The second-order valence-electron chi connectivity index (χ2n) is 4.00. The fourth-order valence-corrected chi connectivity index (χ4v) is 2.01. The highest BCUT2D eigenvalue weighted by Crippen LogP contribution is 2.19. The smallest absolute Gasteiger partial charge is 0.125 e. The van der Waals surface area contributed by atoms with Crippen molar-refractivity contribution in [3.05, 3.63) is 66.4 Å². The Morgan fingerprint density at radius 3 is 2.47 bits per heavy atom. The molecule has 2 N–H and O–H groups in total. The van der Waals surface area contributed by atoms with E-state index in [0.717, 1.165) is 16.5 Å². The zero-order valence-electron chi connectivity index (χ0n) is 9.32. The first kappa shape index (κ1) is 10.1. The quantitative estimate of drug-likeness (QED) is 0.725. The molecular weight excluding hydrogens is 210 g/mol. The number of hydrogen-bond donors (Lipinski definition) is 1. The summed E-state index contributed by atoms with van der Waals surface area (Å²) in [7, 11) is 0. The van der Waals surface area contributed by atoms with E-state index in [1.54, 1.807) is 0 Å². The van der Waals surface area contributed by atoms with Crippen LogP contribution >= 0.6 is 0 Å². The van der Waals surface area contributed by atoms with E-state index >= 15 is 0 Å². The van der Waals surface area contributed by atoms with Crippen molar-refractivity contribution in [2.24, 2.45) is 5.73 Å². The first-order valence-corrected chi connectivity index (χ1v) is 5.59. The molecule has 0 saturated carbocycles. The predicted molar refractivity (Wildman–Crippen MR) is 68.5 cm³/mol. The topological polar surface area (TPSA) is 43.8 Å². The lowest BCUT2D eigenvalue weighted by atomic mass is 10.2. The highest BCUT2D eigenvalue weighted by Gasteiger charge is 2.11. The third kappa shape index (κ3) is 1.70. The number of rotatable bonds is 2. The van der Waals surface area contributed by atoms with Crippen LogP contribution in [0.25, 0.3) is 10.9 Å². The van der Waals surface area contributed by atoms with Gasteiger partial charge in [0.15, 0.2) is 0 Å². The van der Waals surface area contributed by atoms with Crippen LogP contribution in [0.5, 0.6) is 0 Å². The Hall–Kier alpha value is -2.13. The molecule has 1 aromatic heterocycles. The molecule has 1 atom stereocenters. The molecule has 3 rings (SSSR count). The molecule has 3 nitrogen and oxygen atoms in total. The Kier molecular flexibility index (Phi) is 2.38. The summed E-state index contributed by atoms with van der Waals surface area (Å²) < 4.78 is 1.85. The zero-order valence-corrected chi connectivity index (χ0v) is 9.32. The third-order valence-corrected chi connectivity index (χ3v) is 2.91. The molecule has 3 heteroatoms. The summed E-state index contributed by atoms with van der Waals surface area (Å²) in [6.45, 7) is 0. The van der Waals surface area contributed by atoms with E-state index < -0.39 is 0 Å². The molecule has 2 aromatic carbocycles. The maximum atomic E-state index is 6.23. The Labute approximate surface area is 99.5 Å². The molecule has 0 saturated heterocycles. The number of benzene rings is 2. The summed E-state index contributed by atoms with van der Waals surface area (Å²) in [4.78, 5) is 0. The van der Waals surface area contributed by atoms with E-state index in [0.29, 0.717) is 0 Å². The van der Waals surface area contributed by atoms with Crippen LogP contribution in [0.4, 0.5) is 0 Å². The van der Waals surface area contributed by atoms with Crippen molar-refractivity contribution in [1.29, 1.82) is 0 Å². The van der Waals surface area contributed by atoms with Gasteiger partial charge in [-0.2, -0.15) is 5.10 Å². The summed E-state index contributed by atoms with van der Waals surface area (Å²) >= 11 is 0. The summed E-state index contributed by atoms with van der Waals surface area (Å²) in [5.74, 6) is 0. The van der Waals surface area contributed by atoms with Gasteiger partial charge < -0.3 is 5.73 Å². The molecule has 0 amide bonds. The van der Waals surface area contributed by atoms with Crippen molar-refractivity contribution in [3.63, 3.8) is 0 Å². The van der Waals surface area contributed by atoms with Crippen LogP contribution in [0.1, 0.15) is 11.7 Å². The standard InChI is InChI=1S/C14H13N3/c15-14(11-6-2-1-3-7-11)17-13-9-5-4-8-12(13)10-16-17/h1-10,14H,15H2. The molecule has 0 spiro atoms.